The van der Waals surface area contributed by atoms with E-state index in [1.807, 2.05) is 6.92 Å². The predicted octanol–water partition coefficient (Wildman–Crippen LogP) is 3.13. The first-order valence-electron chi connectivity index (χ1n) is 7.28. The summed E-state index contributed by atoms with van der Waals surface area (Å²) in [5.41, 5.74) is 5.53. The first-order valence-corrected chi connectivity index (χ1v) is 7.28. The molecule has 0 rings (SSSR count). The van der Waals surface area contributed by atoms with E-state index < -0.39 is 11.4 Å². The summed E-state index contributed by atoms with van der Waals surface area (Å²) in [6.45, 7) is 5.48. The molecule has 2 unspecified atom stereocenters. The highest BCUT2D eigenvalue weighted by Crippen LogP contribution is 2.32. The fourth-order valence-electron chi connectivity index (χ4n) is 2.56. The Labute approximate surface area is 116 Å². The van der Waals surface area contributed by atoms with E-state index in [0.29, 0.717) is 0 Å². The number of Topliss-reactive ketones (excluding diaryl/α,β-unsaturated/α-hetero) is 1. The summed E-state index contributed by atoms with van der Waals surface area (Å²) in [6.07, 6.45) is 6.77. The van der Waals surface area contributed by atoms with E-state index >= 15 is 0 Å². The fraction of sp³-hybridized carbons (Fsp3) is 0.867. The Balaban J connectivity index is 4.33. The highest BCUT2D eigenvalue weighted by molar-refractivity contribution is 5.77. The molecule has 0 aliphatic carbocycles. The standard InChI is InChI=1S/C15H29NO3/c1-4-5-6-7-8-9-13(16)15(3,10-12(2)17)11-14(18)19/h13H,4-11,16H2,1-3H3,(H,18,19). The van der Waals surface area contributed by atoms with Gasteiger partial charge in [0.05, 0.1) is 6.42 Å². The maximum atomic E-state index is 11.3. The van der Waals surface area contributed by atoms with Crippen LogP contribution in [-0.2, 0) is 9.59 Å². The topological polar surface area (TPSA) is 80.4 Å². The second-order valence-electron chi connectivity index (χ2n) is 5.91. The maximum absolute atomic E-state index is 11.3. The minimum atomic E-state index is -0.884. The molecule has 0 bridgehead atoms. The lowest BCUT2D eigenvalue weighted by molar-refractivity contribution is -0.140. The van der Waals surface area contributed by atoms with Crippen molar-refractivity contribution in [2.24, 2.45) is 11.1 Å². The Kier molecular flexibility index (Phi) is 8.65. The zero-order valence-electron chi connectivity index (χ0n) is 12.6. The fourth-order valence-corrected chi connectivity index (χ4v) is 2.56. The van der Waals surface area contributed by atoms with E-state index in [4.69, 9.17) is 10.8 Å². The second-order valence-corrected chi connectivity index (χ2v) is 5.91. The SMILES string of the molecule is CCCCCCCC(N)C(C)(CC(C)=O)CC(=O)O. The number of aliphatic carboxylic acids is 1. The van der Waals surface area contributed by atoms with E-state index in [2.05, 4.69) is 6.92 Å². The van der Waals surface area contributed by atoms with Crippen LogP contribution in [0.1, 0.15) is 72.1 Å². The van der Waals surface area contributed by atoms with Crippen molar-refractivity contribution in [3.8, 4) is 0 Å². The second kappa shape index (κ2) is 9.08. The van der Waals surface area contributed by atoms with Crippen LogP contribution >= 0.6 is 0 Å². The van der Waals surface area contributed by atoms with Gasteiger partial charge in [0, 0.05) is 12.5 Å². The van der Waals surface area contributed by atoms with Gasteiger partial charge in [0.15, 0.2) is 0 Å². The quantitative estimate of drug-likeness (QED) is 0.566. The highest BCUT2D eigenvalue weighted by atomic mass is 16.4. The van der Waals surface area contributed by atoms with E-state index in [1.165, 1.54) is 26.2 Å². The van der Waals surface area contributed by atoms with Gasteiger partial charge >= 0.3 is 5.97 Å². The summed E-state index contributed by atoms with van der Waals surface area (Å²) < 4.78 is 0. The van der Waals surface area contributed by atoms with Gasteiger partial charge in [-0.05, 0) is 18.8 Å². The first kappa shape index (κ1) is 18.1. The summed E-state index contributed by atoms with van der Waals surface area (Å²) in [7, 11) is 0. The van der Waals surface area contributed by atoms with Gasteiger partial charge < -0.3 is 15.6 Å². The van der Waals surface area contributed by atoms with Crippen molar-refractivity contribution in [2.45, 2.75) is 78.2 Å². The number of hydrogen-bond donors (Lipinski definition) is 2. The van der Waals surface area contributed by atoms with Gasteiger partial charge in [-0.2, -0.15) is 0 Å². The lowest BCUT2D eigenvalue weighted by atomic mass is 9.74. The number of carbonyl (C=O) groups is 2. The lowest BCUT2D eigenvalue weighted by Crippen LogP contribution is -2.42. The minimum Gasteiger partial charge on any atom is -0.481 e. The van der Waals surface area contributed by atoms with Gasteiger partial charge in [-0.15, -0.1) is 0 Å². The van der Waals surface area contributed by atoms with Gasteiger partial charge in [-0.3, -0.25) is 4.79 Å². The molecule has 0 fully saturated rings. The molecule has 112 valence electrons. The molecule has 4 heteroatoms. The highest BCUT2D eigenvalue weighted by Gasteiger charge is 2.35. The van der Waals surface area contributed by atoms with Crippen molar-refractivity contribution >= 4 is 11.8 Å². The molecule has 4 nitrogen and oxygen atoms in total. The number of ketones is 1. The average molecular weight is 271 g/mol. The van der Waals surface area contributed by atoms with Crippen LogP contribution in [0.5, 0.6) is 0 Å². The third-order valence-electron chi connectivity index (χ3n) is 3.72. The maximum Gasteiger partial charge on any atom is 0.303 e. The van der Waals surface area contributed by atoms with Crippen LogP contribution in [0.15, 0.2) is 0 Å². The molecule has 0 saturated heterocycles. The normalized spacial score (nSPS) is 15.8. The van der Waals surface area contributed by atoms with Crippen molar-refractivity contribution in [2.75, 3.05) is 0 Å². The summed E-state index contributed by atoms with van der Waals surface area (Å²) in [5.74, 6) is -0.879. The molecule has 0 spiro atoms. The summed E-state index contributed by atoms with van der Waals surface area (Å²) in [4.78, 5) is 22.3. The Morgan fingerprint density at radius 2 is 1.74 bits per heavy atom. The van der Waals surface area contributed by atoms with Crippen LogP contribution in [0.25, 0.3) is 0 Å². The van der Waals surface area contributed by atoms with Crippen molar-refractivity contribution in [1.29, 1.82) is 0 Å². The van der Waals surface area contributed by atoms with Crippen molar-refractivity contribution in [1.82, 2.24) is 0 Å². The number of hydrogen-bond acceptors (Lipinski definition) is 3. The molecule has 0 radical (unpaired) electrons. The number of unbranched alkanes of at least 4 members (excludes halogenated alkanes) is 4. The van der Waals surface area contributed by atoms with Crippen LogP contribution in [0, 0.1) is 5.41 Å². The zero-order chi connectivity index (χ0) is 14.9. The third-order valence-corrected chi connectivity index (χ3v) is 3.72. The number of rotatable bonds is 11. The van der Waals surface area contributed by atoms with Crippen molar-refractivity contribution < 1.29 is 14.7 Å². The molecule has 3 N–H and O–H groups in total. The Morgan fingerprint density at radius 1 is 1.16 bits per heavy atom. The first-order chi connectivity index (χ1) is 8.81. The molecule has 2 atom stereocenters. The number of carbonyl (C=O) groups excluding carboxylic acids is 1. The molecule has 0 aliphatic heterocycles. The van der Waals surface area contributed by atoms with Crippen LogP contribution in [0.4, 0.5) is 0 Å². The van der Waals surface area contributed by atoms with Crippen LogP contribution in [0.2, 0.25) is 0 Å². The molecule has 0 amide bonds. The summed E-state index contributed by atoms with van der Waals surface area (Å²) in [5, 5.41) is 8.99. The van der Waals surface area contributed by atoms with Gasteiger partial charge in [-0.25, -0.2) is 0 Å². The van der Waals surface area contributed by atoms with Crippen LogP contribution < -0.4 is 5.73 Å². The number of carboxylic acid groups (broad SMARTS) is 1. The van der Waals surface area contributed by atoms with Gasteiger partial charge in [0.2, 0.25) is 0 Å². The number of nitrogens with two attached hydrogens (primary N) is 1. The van der Waals surface area contributed by atoms with Crippen molar-refractivity contribution in [3.63, 3.8) is 0 Å². The molecule has 0 aromatic carbocycles. The van der Waals surface area contributed by atoms with Crippen molar-refractivity contribution in [3.05, 3.63) is 0 Å². The van der Waals surface area contributed by atoms with E-state index in [1.54, 1.807) is 0 Å². The van der Waals surface area contributed by atoms with Gasteiger partial charge in [0.25, 0.3) is 0 Å². The monoisotopic (exact) mass is 271 g/mol. The molecule has 0 aromatic heterocycles. The Hall–Kier alpha value is -0.900. The van der Waals surface area contributed by atoms with E-state index in [0.717, 1.165) is 19.3 Å². The molecule has 0 heterocycles. The van der Waals surface area contributed by atoms with Crippen LogP contribution in [-0.4, -0.2) is 22.9 Å². The largest absolute Gasteiger partial charge is 0.481 e. The zero-order valence-corrected chi connectivity index (χ0v) is 12.6. The third kappa shape index (κ3) is 7.98. The van der Waals surface area contributed by atoms with Crippen LogP contribution in [0.3, 0.4) is 0 Å². The molecule has 19 heavy (non-hydrogen) atoms. The summed E-state index contributed by atoms with van der Waals surface area (Å²) in [6, 6.07) is -0.228. The summed E-state index contributed by atoms with van der Waals surface area (Å²) >= 11 is 0. The van der Waals surface area contributed by atoms with E-state index in [-0.39, 0.29) is 24.7 Å². The molecular weight excluding hydrogens is 242 g/mol. The van der Waals surface area contributed by atoms with Gasteiger partial charge in [0.1, 0.15) is 5.78 Å². The minimum absolute atomic E-state index is 0.00480. The van der Waals surface area contributed by atoms with E-state index in [9.17, 15) is 9.59 Å². The molecule has 0 saturated carbocycles. The smallest absolute Gasteiger partial charge is 0.303 e. The predicted molar refractivity (Wildman–Crippen MR) is 77.0 cm³/mol. The average Bonchev–Trinajstić information content (AvgIpc) is 2.26. The van der Waals surface area contributed by atoms with Gasteiger partial charge in [-0.1, -0.05) is 46.0 Å². The molecular formula is C15H29NO3. The lowest BCUT2D eigenvalue weighted by Gasteiger charge is -2.33. The number of carboxylic acids is 1. The molecule has 0 aliphatic rings. The Morgan fingerprint density at radius 3 is 2.21 bits per heavy atom. The molecule has 0 aromatic rings. The Bertz CT molecular complexity index is 273.